The van der Waals surface area contributed by atoms with Crippen LogP contribution in [0.1, 0.15) is 39.5 Å². The molecule has 0 bridgehead atoms. The van der Waals surface area contributed by atoms with Crippen molar-refractivity contribution in [3.05, 3.63) is 0 Å². The van der Waals surface area contributed by atoms with Crippen molar-refractivity contribution in [2.45, 2.75) is 45.6 Å². The Bertz CT molecular complexity index is 351. The van der Waals surface area contributed by atoms with Gasteiger partial charge in [-0.15, -0.1) is 0 Å². The third-order valence-corrected chi connectivity index (χ3v) is 4.38. The Balaban J connectivity index is 2.10. The van der Waals surface area contributed by atoms with Crippen LogP contribution in [-0.4, -0.2) is 48.9 Å². The summed E-state index contributed by atoms with van der Waals surface area (Å²) in [7, 11) is 0. The van der Waals surface area contributed by atoms with E-state index in [9.17, 15) is 9.59 Å². The van der Waals surface area contributed by atoms with Crippen LogP contribution in [0.2, 0.25) is 0 Å². The molecule has 1 heterocycles. The highest BCUT2D eigenvalue weighted by Crippen LogP contribution is 2.39. The van der Waals surface area contributed by atoms with Gasteiger partial charge in [0, 0.05) is 31.6 Å². The van der Waals surface area contributed by atoms with Gasteiger partial charge in [0.1, 0.15) is 6.04 Å². The molecule has 1 aliphatic carbocycles. The number of nitrogens with zero attached hydrogens (tertiary/aromatic N) is 1. The number of carbonyl (C=O) groups excluding carboxylic acids is 2. The molecule has 0 radical (unpaired) electrons. The zero-order valence-electron chi connectivity index (χ0n) is 12.0. The molecule has 1 saturated heterocycles. The Kier molecular flexibility index (Phi) is 4.45. The molecule has 2 amide bonds. The normalized spacial score (nSPS) is 26.2. The molecule has 2 fully saturated rings. The Morgan fingerprint density at radius 3 is 2.68 bits per heavy atom. The molecular formula is C14H25N3O2. The summed E-state index contributed by atoms with van der Waals surface area (Å²) in [6.07, 6.45) is 4.16. The van der Waals surface area contributed by atoms with Gasteiger partial charge < -0.3 is 15.5 Å². The van der Waals surface area contributed by atoms with Crippen molar-refractivity contribution < 1.29 is 9.59 Å². The fourth-order valence-electron chi connectivity index (χ4n) is 3.19. The number of hydrogen-bond acceptors (Lipinski definition) is 3. The number of nitrogens with one attached hydrogen (secondary N) is 2. The minimum absolute atomic E-state index is 0.0374. The fourth-order valence-corrected chi connectivity index (χ4v) is 3.19. The lowest BCUT2D eigenvalue weighted by atomic mass is 9.86. The second-order valence-electron chi connectivity index (χ2n) is 5.88. The van der Waals surface area contributed by atoms with Gasteiger partial charge in [0.2, 0.25) is 11.8 Å². The van der Waals surface area contributed by atoms with Crippen LogP contribution < -0.4 is 10.6 Å². The smallest absolute Gasteiger partial charge is 0.244 e. The molecule has 2 N–H and O–H groups in total. The van der Waals surface area contributed by atoms with Crippen LogP contribution in [0.15, 0.2) is 0 Å². The van der Waals surface area contributed by atoms with Gasteiger partial charge in [-0.2, -0.15) is 0 Å². The van der Waals surface area contributed by atoms with E-state index >= 15 is 0 Å². The van der Waals surface area contributed by atoms with Crippen molar-refractivity contribution in [2.75, 3.05) is 26.2 Å². The molecule has 5 heteroatoms. The Hall–Kier alpha value is -1.10. The van der Waals surface area contributed by atoms with E-state index < -0.39 is 0 Å². The maximum absolute atomic E-state index is 12.8. The van der Waals surface area contributed by atoms with Crippen molar-refractivity contribution in [1.29, 1.82) is 0 Å². The SMILES string of the molecule is CCNC(=O)C1CNCCN1C(=O)C1(C)CCCC1. The van der Waals surface area contributed by atoms with Gasteiger partial charge in [-0.1, -0.05) is 19.8 Å². The second kappa shape index (κ2) is 5.90. The highest BCUT2D eigenvalue weighted by atomic mass is 16.2. The molecule has 2 rings (SSSR count). The van der Waals surface area contributed by atoms with Crippen LogP contribution >= 0.6 is 0 Å². The minimum Gasteiger partial charge on any atom is -0.355 e. The number of carbonyl (C=O) groups is 2. The standard InChI is InChI=1S/C14H25N3O2/c1-3-16-12(18)11-10-15-8-9-17(11)13(19)14(2)6-4-5-7-14/h11,15H,3-10H2,1-2H3,(H,16,18). The summed E-state index contributed by atoms with van der Waals surface area (Å²) in [6.45, 7) is 6.54. The lowest BCUT2D eigenvalue weighted by molar-refractivity contribution is -0.149. The first kappa shape index (κ1) is 14.3. The van der Waals surface area contributed by atoms with Crippen LogP contribution in [-0.2, 0) is 9.59 Å². The van der Waals surface area contributed by atoms with Crippen LogP contribution in [0, 0.1) is 5.41 Å². The topological polar surface area (TPSA) is 61.4 Å². The number of amides is 2. The zero-order chi connectivity index (χ0) is 13.9. The minimum atomic E-state index is -0.348. The van der Waals surface area contributed by atoms with Gasteiger partial charge in [-0.25, -0.2) is 0 Å². The van der Waals surface area contributed by atoms with Crippen LogP contribution in [0.5, 0.6) is 0 Å². The number of likely N-dealkylation sites (N-methyl/N-ethyl adjacent to an activating group) is 1. The lowest BCUT2D eigenvalue weighted by Crippen LogP contribution is -2.61. The first-order valence-electron chi connectivity index (χ1n) is 7.38. The first-order chi connectivity index (χ1) is 9.08. The maximum atomic E-state index is 12.8. The molecule has 0 aromatic carbocycles. The van der Waals surface area contributed by atoms with E-state index in [0.717, 1.165) is 32.2 Å². The number of hydrogen-bond donors (Lipinski definition) is 2. The largest absolute Gasteiger partial charge is 0.355 e. The first-order valence-corrected chi connectivity index (χ1v) is 7.38. The highest BCUT2D eigenvalue weighted by molar-refractivity contribution is 5.90. The van der Waals surface area contributed by atoms with Gasteiger partial charge in [-0.05, 0) is 19.8 Å². The molecule has 1 atom stereocenters. The lowest BCUT2D eigenvalue weighted by Gasteiger charge is -2.39. The van der Waals surface area contributed by atoms with Crippen molar-refractivity contribution >= 4 is 11.8 Å². The van der Waals surface area contributed by atoms with Crippen molar-refractivity contribution in [3.8, 4) is 0 Å². The van der Waals surface area contributed by atoms with E-state index in [1.165, 1.54) is 0 Å². The molecule has 0 aromatic heterocycles. The molecule has 1 saturated carbocycles. The Morgan fingerprint density at radius 2 is 2.05 bits per heavy atom. The predicted molar refractivity (Wildman–Crippen MR) is 73.6 cm³/mol. The van der Waals surface area contributed by atoms with Gasteiger partial charge in [0.15, 0.2) is 0 Å². The molecule has 5 nitrogen and oxygen atoms in total. The van der Waals surface area contributed by atoms with Gasteiger partial charge in [-0.3, -0.25) is 9.59 Å². The van der Waals surface area contributed by atoms with E-state index in [-0.39, 0.29) is 23.3 Å². The van der Waals surface area contributed by atoms with Crippen molar-refractivity contribution in [1.82, 2.24) is 15.5 Å². The van der Waals surface area contributed by atoms with Crippen molar-refractivity contribution in [3.63, 3.8) is 0 Å². The third-order valence-electron chi connectivity index (χ3n) is 4.38. The molecule has 1 unspecified atom stereocenters. The highest BCUT2D eigenvalue weighted by Gasteiger charge is 2.43. The van der Waals surface area contributed by atoms with Crippen LogP contribution in [0.4, 0.5) is 0 Å². The zero-order valence-corrected chi connectivity index (χ0v) is 12.0. The maximum Gasteiger partial charge on any atom is 0.244 e. The molecule has 2 aliphatic rings. The van der Waals surface area contributed by atoms with E-state index in [4.69, 9.17) is 0 Å². The van der Waals surface area contributed by atoms with E-state index in [2.05, 4.69) is 17.6 Å². The summed E-state index contributed by atoms with van der Waals surface area (Å²) < 4.78 is 0. The summed E-state index contributed by atoms with van der Waals surface area (Å²) in [6, 6.07) is -0.348. The number of piperazine rings is 1. The third kappa shape index (κ3) is 2.91. The molecule has 19 heavy (non-hydrogen) atoms. The summed E-state index contributed by atoms with van der Waals surface area (Å²) in [4.78, 5) is 26.6. The fraction of sp³-hybridized carbons (Fsp3) is 0.857. The molecular weight excluding hydrogens is 242 g/mol. The molecule has 108 valence electrons. The van der Waals surface area contributed by atoms with Crippen LogP contribution in [0.25, 0.3) is 0 Å². The summed E-state index contributed by atoms with van der Waals surface area (Å²) >= 11 is 0. The van der Waals surface area contributed by atoms with E-state index in [0.29, 0.717) is 19.6 Å². The Labute approximate surface area is 115 Å². The second-order valence-corrected chi connectivity index (χ2v) is 5.88. The van der Waals surface area contributed by atoms with Crippen LogP contribution in [0.3, 0.4) is 0 Å². The average Bonchev–Trinajstić information content (AvgIpc) is 2.86. The summed E-state index contributed by atoms with van der Waals surface area (Å²) in [5.74, 6) is 0.132. The van der Waals surface area contributed by atoms with Crippen molar-refractivity contribution in [2.24, 2.45) is 5.41 Å². The quantitative estimate of drug-likeness (QED) is 0.783. The predicted octanol–water partition coefficient (Wildman–Crippen LogP) is 0.503. The van der Waals surface area contributed by atoms with Gasteiger partial charge in [0.05, 0.1) is 0 Å². The van der Waals surface area contributed by atoms with Gasteiger partial charge in [0.25, 0.3) is 0 Å². The Morgan fingerprint density at radius 1 is 1.37 bits per heavy atom. The molecule has 1 aliphatic heterocycles. The van der Waals surface area contributed by atoms with E-state index in [1.54, 1.807) is 4.90 Å². The van der Waals surface area contributed by atoms with E-state index in [1.807, 2.05) is 6.92 Å². The monoisotopic (exact) mass is 267 g/mol. The van der Waals surface area contributed by atoms with Gasteiger partial charge >= 0.3 is 0 Å². The summed E-state index contributed by atoms with van der Waals surface area (Å²) in [5, 5.41) is 6.04. The summed E-state index contributed by atoms with van der Waals surface area (Å²) in [5.41, 5.74) is -0.248. The number of rotatable bonds is 3. The molecule has 0 spiro atoms. The molecule has 0 aromatic rings. The average molecular weight is 267 g/mol.